The molecule has 0 aliphatic carbocycles. The highest BCUT2D eigenvalue weighted by atomic mass is 16.5. The molecule has 1 saturated heterocycles. The highest BCUT2D eigenvalue weighted by Crippen LogP contribution is 2.33. The van der Waals surface area contributed by atoms with Crippen LogP contribution in [0.15, 0.2) is 91.2 Å². The van der Waals surface area contributed by atoms with E-state index >= 15 is 0 Å². The van der Waals surface area contributed by atoms with Crippen molar-refractivity contribution in [3.63, 3.8) is 0 Å². The van der Waals surface area contributed by atoms with Crippen molar-refractivity contribution in [1.82, 2.24) is 5.32 Å². The van der Waals surface area contributed by atoms with Crippen LogP contribution in [0.5, 0.6) is 5.75 Å². The molecule has 33 heavy (non-hydrogen) atoms. The Labute approximate surface area is 200 Å². The Balaban J connectivity index is 0.000000414. The van der Waals surface area contributed by atoms with E-state index in [-0.39, 0.29) is 0 Å². The fourth-order valence-corrected chi connectivity index (χ4v) is 3.86. The SMILES string of the molecule is C=C/C=C\C(C)=C/N.CC[C@H]1CNCCC1c1ccc(OCCOCc2ccccc2)cc1. The zero-order valence-electron chi connectivity index (χ0n) is 20.2. The molecule has 4 nitrogen and oxygen atoms in total. The van der Waals surface area contributed by atoms with Crippen molar-refractivity contribution in [3.05, 3.63) is 102 Å². The lowest BCUT2D eigenvalue weighted by Gasteiger charge is -2.32. The van der Waals surface area contributed by atoms with Crippen LogP contribution in [0, 0.1) is 5.92 Å². The first kappa shape index (κ1) is 26.4. The van der Waals surface area contributed by atoms with E-state index in [0.29, 0.717) is 25.7 Å². The van der Waals surface area contributed by atoms with Gasteiger partial charge in [0.1, 0.15) is 12.4 Å². The summed E-state index contributed by atoms with van der Waals surface area (Å²) in [6, 6.07) is 18.9. The summed E-state index contributed by atoms with van der Waals surface area (Å²) in [5, 5.41) is 3.51. The minimum Gasteiger partial charge on any atom is -0.491 e. The molecular weight excluding hydrogens is 408 g/mol. The topological polar surface area (TPSA) is 56.5 Å². The summed E-state index contributed by atoms with van der Waals surface area (Å²) in [4.78, 5) is 0. The molecule has 3 N–H and O–H groups in total. The van der Waals surface area contributed by atoms with Gasteiger partial charge < -0.3 is 20.5 Å². The summed E-state index contributed by atoms with van der Waals surface area (Å²) in [5.74, 6) is 2.34. The second kappa shape index (κ2) is 15.9. The number of ether oxygens (including phenoxy) is 2. The summed E-state index contributed by atoms with van der Waals surface area (Å²) in [5.41, 5.74) is 8.85. The second-order valence-corrected chi connectivity index (χ2v) is 8.23. The Morgan fingerprint density at radius 1 is 1.12 bits per heavy atom. The van der Waals surface area contributed by atoms with E-state index < -0.39 is 0 Å². The smallest absolute Gasteiger partial charge is 0.119 e. The van der Waals surface area contributed by atoms with E-state index in [1.54, 1.807) is 12.3 Å². The van der Waals surface area contributed by atoms with Crippen LogP contribution >= 0.6 is 0 Å². The molecule has 1 aliphatic heterocycles. The number of piperidine rings is 1. The average Bonchev–Trinajstić information content (AvgIpc) is 2.88. The van der Waals surface area contributed by atoms with Gasteiger partial charge in [-0.25, -0.2) is 0 Å². The maximum absolute atomic E-state index is 5.80. The molecule has 1 fully saturated rings. The molecule has 0 saturated carbocycles. The highest BCUT2D eigenvalue weighted by Gasteiger charge is 2.24. The molecule has 4 heteroatoms. The van der Waals surface area contributed by atoms with Gasteiger partial charge in [0.25, 0.3) is 0 Å². The molecule has 0 aromatic heterocycles. The third-order valence-electron chi connectivity index (χ3n) is 5.81. The van der Waals surface area contributed by atoms with Crippen LogP contribution in [0.3, 0.4) is 0 Å². The summed E-state index contributed by atoms with van der Waals surface area (Å²) in [6.45, 7) is 11.8. The normalized spacial score (nSPS) is 18.4. The van der Waals surface area contributed by atoms with Crippen molar-refractivity contribution >= 4 is 0 Å². The second-order valence-electron chi connectivity index (χ2n) is 8.23. The fourth-order valence-electron chi connectivity index (χ4n) is 3.86. The van der Waals surface area contributed by atoms with Gasteiger partial charge >= 0.3 is 0 Å². The van der Waals surface area contributed by atoms with E-state index in [1.165, 1.54) is 24.0 Å². The molecule has 1 heterocycles. The van der Waals surface area contributed by atoms with Crippen molar-refractivity contribution < 1.29 is 9.47 Å². The Morgan fingerprint density at radius 2 is 1.88 bits per heavy atom. The van der Waals surface area contributed by atoms with Crippen LogP contribution in [0.1, 0.15) is 43.7 Å². The van der Waals surface area contributed by atoms with Gasteiger partial charge in [-0.3, -0.25) is 0 Å². The van der Waals surface area contributed by atoms with Crippen molar-refractivity contribution in [2.45, 2.75) is 39.2 Å². The first-order valence-electron chi connectivity index (χ1n) is 11.9. The first-order chi connectivity index (χ1) is 16.2. The third kappa shape index (κ3) is 10.1. The van der Waals surface area contributed by atoms with E-state index in [2.05, 4.69) is 55.2 Å². The van der Waals surface area contributed by atoms with Crippen molar-refractivity contribution in [2.24, 2.45) is 11.7 Å². The standard InChI is InChI=1S/C22H29NO2.C7H11N/c1-2-19-16-23-13-12-22(19)20-8-10-21(11-9-20)25-15-14-24-17-18-6-4-3-5-7-18;1-3-4-5-7(2)6-8/h3-11,19,22-23H,2,12-17H2,1H3;3-6H,1,8H2,2H3/b;5-4-,7-6-/t19-,22?;/m0./s1. The van der Waals surface area contributed by atoms with Gasteiger partial charge in [0.15, 0.2) is 0 Å². The molecule has 1 aliphatic rings. The molecule has 1 unspecified atom stereocenters. The third-order valence-corrected chi connectivity index (χ3v) is 5.81. The summed E-state index contributed by atoms with van der Waals surface area (Å²) in [6.07, 6.45) is 9.47. The molecule has 178 valence electrons. The number of hydrogen-bond acceptors (Lipinski definition) is 4. The zero-order valence-corrected chi connectivity index (χ0v) is 20.2. The molecule has 0 spiro atoms. The number of allylic oxidation sites excluding steroid dienone is 4. The molecule has 2 aromatic rings. The zero-order chi connectivity index (χ0) is 23.7. The van der Waals surface area contributed by atoms with Gasteiger partial charge in [0, 0.05) is 0 Å². The largest absolute Gasteiger partial charge is 0.491 e. The van der Waals surface area contributed by atoms with Crippen LogP contribution in [0.2, 0.25) is 0 Å². The lowest BCUT2D eigenvalue weighted by Crippen LogP contribution is -2.35. The fraction of sp³-hybridized carbons (Fsp3) is 0.379. The van der Waals surface area contributed by atoms with Gasteiger partial charge in [0.05, 0.1) is 13.2 Å². The van der Waals surface area contributed by atoms with E-state index in [9.17, 15) is 0 Å². The molecule has 0 radical (unpaired) electrons. The summed E-state index contributed by atoms with van der Waals surface area (Å²) >= 11 is 0. The number of benzene rings is 2. The lowest BCUT2D eigenvalue weighted by atomic mass is 9.80. The van der Waals surface area contributed by atoms with Gasteiger partial charge in [0.2, 0.25) is 0 Å². The predicted molar refractivity (Wildman–Crippen MR) is 139 cm³/mol. The number of rotatable bonds is 10. The van der Waals surface area contributed by atoms with E-state index in [1.807, 2.05) is 37.3 Å². The maximum Gasteiger partial charge on any atom is 0.119 e. The van der Waals surface area contributed by atoms with Crippen LogP contribution in [0.25, 0.3) is 0 Å². The molecule has 2 aromatic carbocycles. The van der Waals surface area contributed by atoms with Gasteiger partial charge in [-0.15, -0.1) is 0 Å². The van der Waals surface area contributed by atoms with Gasteiger partial charge in [-0.05, 0) is 73.3 Å². The summed E-state index contributed by atoms with van der Waals surface area (Å²) in [7, 11) is 0. The van der Waals surface area contributed by atoms with E-state index in [4.69, 9.17) is 15.2 Å². The minimum atomic E-state index is 0.580. The monoisotopic (exact) mass is 448 g/mol. The molecule has 3 rings (SSSR count). The number of hydrogen-bond donors (Lipinski definition) is 2. The number of nitrogens with one attached hydrogen (secondary N) is 1. The maximum atomic E-state index is 5.80. The van der Waals surface area contributed by atoms with E-state index in [0.717, 1.165) is 30.3 Å². The van der Waals surface area contributed by atoms with Gasteiger partial charge in [-0.2, -0.15) is 0 Å². The predicted octanol–water partition coefficient (Wildman–Crippen LogP) is 5.98. The molecule has 0 amide bonds. The van der Waals surface area contributed by atoms with Crippen LogP contribution in [-0.2, 0) is 11.3 Å². The average molecular weight is 449 g/mol. The molecule has 0 bridgehead atoms. The quantitative estimate of drug-likeness (QED) is 0.347. The summed E-state index contributed by atoms with van der Waals surface area (Å²) < 4.78 is 11.5. The van der Waals surface area contributed by atoms with Gasteiger partial charge in [-0.1, -0.05) is 80.6 Å². The first-order valence-corrected chi connectivity index (χ1v) is 11.9. The minimum absolute atomic E-state index is 0.580. The number of nitrogens with two attached hydrogens (primary N) is 1. The van der Waals surface area contributed by atoms with Crippen molar-refractivity contribution in [1.29, 1.82) is 0 Å². The van der Waals surface area contributed by atoms with Crippen molar-refractivity contribution in [2.75, 3.05) is 26.3 Å². The van der Waals surface area contributed by atoms with Crippen LogP contribution in [0.4, 0.5) is 0 Å². The van der Waals surface area contributed by atoms with Crippen molar-refractivity contribution in [3.8, 4) is 5.75 Å². The van der Waals surface area contributed by atoms with Crippen LogP contribution in [-0.4, -0.2) is 26.3 Å². The van der Waals surface area contributed by atoms with Crippen LogP contribution < -0.4 is 15.8 Å². The Kier molecular flexibility index (Phi) is 12.7. The lowest BCUT2D eigenvalue weighted by molar-refractivity contribution is 0.0889. The molecule has 2 atom stereocenters. The highest BCUT2D eigenvalue weighted by molar-refractivity contribution is 5.30. The molecular formula is C29H40N2O2. The Morgan fingerprint density at radius 3 is 2.55 bits per heavy atom. The Hall–Kier alpha value is -2.82. The Bertz CT molecular complexity index is 844.